The van der Waals surface area contributed by atoms with Gasteiger partial charge >= 0.3 is 0 Å². The van der Waals surface area contributed by atoms with Gasteiger partial charge in [0, 0.05) is 5.56 Å². The molecule has 0 saturated heterocycles. The Morgan fingerprint density at radius 3 is 2.33 bits per heavy atom. The van der Waals surface area contributed by atoms with E-state index >= 15 is 0 Å². The molecule has 21 heavy (non-hydrogen) atoms. The number of ketones is 1. The van der Waals surface area contributed by atoms with Crippen LogP contribution in [-0.4, -0.2) is 12.4 Å². The van der Waals surface area contributed by atoms with E-state index in [-0.39, 0.29) is 12.4 Å². The fraction of sp³-hybridized carbons (Fsp3) is 0.278. The van der Waals surface area contributed by atoms with Crippen LogP contribution in [0.5, 0.6) is 5.75 Å². The van der Waals surface area contributed by atoms with Crippen LogP contribution in [0.15, 0.2) is 30.3 Å². The SMILES string of the molecule is Cc1ccc(OCC(=O)c2cc(C)c(C)cc2C)c(Cl)c1. The molecule has 0 aliphatic heterocycles. The molecule has 0 N–H and O–H groups in total. The smallest absolute Gasteiger partial charge is 0.200 e. The number of aryl methyl sites for hydroxylation is 4. The van der Waals surface area contributed by atoms with Gasteiger partial charge in [0.15, 0.2) is 12.4 Å². The molecule has 0 aliphatic carbocycles. The van der Waals surface area contributed by atoms with Gasteiger partial charge < -0.3 is 4.74 Å². The average Bonchev–Trinajstić information content (AvgIpc) is 2.41. The Morgan fingerprint density at radius 1 is 1.00 bits per heavy atom. The summed E-state index contributed by atoms with van der Waals surface area (Å²) >= 11 is 6.10. The third kappa shape index (κ3) is 3.64. The van der Waals surface area contributed by atoms with Crippen molar-refractivity contribution in [3.8, 4) is 5.75 Å². The molecule has 0 aromatic heterocycles. The molecule has 0 radical (unpaired) electrons. The predicted octanol–water partition coefficient (Wildman–Crippen LogP) is 4.84. The van der Waals surface area contributed by atoms with Crippen molar-refractivity contribution >= 4 is 17.4 Å². The molecule has 0 bridgehead atoms. The Balaban J connectivity index is 2.13. The molecule has 0 unspecified atom stereocenters. The molecule has 0 atom stereocenters. The minimum atomic E-state index is -0.0350. The number of carbonyl (C=O) groups excluding carboxylic acids is 1. The molecule has 2 nitrogen and oxygen atoms in total. The summed E-state index contributed by atoms with van der Waals surface area (Å²) in [5.74, 6) is 0.504. The minimum absolute atomic E-state index is 0.00782. The van der Waals surface area contributed by atoms with Gasteiger partial charge in [0.25, 0.3) is 0 Å². The van der Waals surface area contributed by atoms with E-state index in [9.17, 15) is 4.79 Å². The van der Waals surface area contributed by atoms with Gasteiger partial charge in [0.2, 0.25) is 0 Å². The van der Waals surface area contributed by atoms with E-state index in [1.807, 2.05) is 52.0 Å². The zero-order valence-corrected chi connectivity index (χ0v) is 13.5. The Bertz CT molecular complexity index is 690. The van der Waals surface area contributed by atoms with Crippen LogP contribution in [0.2, 0.25) is 5.02 Å². The number of Topliss-reactive ketones (excluding diaryl/α,β-unsaturated/α-hetero) is 1. The minimum Gasteiger partial charge on any atom is -0.484 e. The normalized spacial score (nSPS) is 10.5. The second-order valence-electron chi connectivity index (χ2n) is 5.40. The first-order valence-corrected chi connectivity index (χ1v) is 7.26. The van der Waals surface area contributed by atoms with Crippen molar-refractivity contribution in [2.75, 3.05) is 6.61 Å². The number of carbonyl (C=O) groups is 1. The van der Waals surface area contributed by atoms with Crippen molar-refractivity contribution < 1.29 is 9.53 Å². The van der Waals surface area contributed by atoms with Crippen molar-refractivity contribution in [3.05, 3.63) is 63.2 Å². The number of hydrogen-bond donors (Lipinski definition) is 0. The summed E-state index contributed by atoms with van der Waals surface area (Å²) in [7, 11) is 0. The van der Waals surface area contributed by atoms with E-state index in [0.29, 0.717) is 16.3 Å². The van der Waals surface area contributed by atoms with Gasteiger partial charge in [-0.3, -0.25) is 4.79 Å². The molecular formula is C18H19ClO2. The van der Waals surface area contributed by atoms with Crippen LogP contribution in [0.3, 0.4) is 0 Å². The molecule has 0 amide bonds. The van der Waals surface area contributed by atoms with E-state index in [0.717, 1.165) is 16.7 Å². The van der Waals surface area contributed by atoms with Crippen LogP contribution in [-0.2, 0) is 0 Å². The molecule has 0 fully saturated rings. The summed E-state index contributed by atoms with van der Waals surface area (Å²) in [6, 6.07) is 9.47. The highest BCUT2D eigenvalue weighted by Crippen LogP contribution is 2.25. The summed E-state index contributed by atoms with van der Waals surface area (Å²) in [6.07, 6.45) is 0. The van der Waals surface area contributed by atoms with Gasteiger partial charge in [-0.1, -0.05) is 23.7 Å². The Kier molecular flexibility index (Phi) is 4.69. The third-order valence-corrected chi connectivity index (χ3v) is 3.88. The van der Waals surface area contributed by atoms with Gasteiger partial charge in [0.1, 0.15) is 5.75 Å². The maximum Gasteiger partial charge on any atom is 0.200 e. The van der Waals surface area contributed by atoms with Crippen molar-refractivity contribution in [3.63, 3.8) is 0 Å². The second-order valence-corrected chi connectivity index (χ2v) is 5.80. The van der Waals surface area contributed by atoms with Crippen LogP contribution >= 0.6 is 11.6 Å². The van der Waals surface area contributed by atoms with Gasteiger partial charge in [-0.15, -0.1) is 0 Å². The summed E-state index contributed by atoms with van der Waals surface area (Å²) in [4.78, 5) is 12.3. The van der Waals surface area contributed by atoms with Gasteiger partial charge in [-0.2, -0.15) is 0 Å². The molecule has 0 saturated carbocycles. The highest BCUT2D eigenvalue weighted by molar-refractivity contribution is 6.32. The third-order valence-electron chi connectivity index (χ3n) is 3.59. The summed E-state index contributed by atoms with van der Waals surface area (Å²) in [5.41, 5.74) is 5.04. The zero-order valence-electron chi connectivity index (χ0n) is 12.8. The first-order chi connectivity index (χ1) is 9.88. The highest BCUT2D eigenvalue weighted by Gasteiger charge is 2.12. The maximum absolute atomic E-state index is 12.3. The van der Waals surface area contributed by atoms with Crippen LogP contribution in [0.25, 0.3) is 0 Å². The van der Waals surface area contributed by atoms with Crippen LogP contribution in [0.4, 0.5) is 0 Å². The molecule has 0 spiro atoms. The lowest BCUT2D eigenvalue weighted by Crippen LogP contribution is -2.13. The van der Waals surface area contributed by atoms with Gasteiger partial charge in [0.05, 0.1) is 5.02 Å². The fourth-order valence-corrected chi connectivity index (χ4v) is 2.49. The first kappa shape index (κ1) is 15.6. The first-order valence-electron chi connectivity index (χ1n) is 6.88. The molecule has 2 aromatic carbocycles. The van der Waals surface area contributed by atoms with Gasteiger partial charge in [-0.05, 0) is 68.1 Å². The van der Waals surface area contributed by atoms with Crippen LogP contribution in [0, 0.1) is 27.7 Å². The summed E-state index contributed by atoms with van der Waals surface area (Å²) in [5, 5.41) is 0.527. The monoisotopic (exact) mass is 302 g/mol. The molecular weight excluding hydrogens is 284 g/mol. The highest BCUT2D eigenvalue weighted by atomic mass is 35.5. The largest absolute Gasteiger partial charge is 0.484 e. The van der Waals surface area contributed by atoms with E-state index in [4.69, 9.17) is 16.3 Å². The maximum atomic E-state index is 12.3. The van der Waals surface area contributed by atoms with Gasteiger partial charge in [-0.25, -0.2) is 0 Å². The second kappa shape index (κ2) is 6.31. The molecule has 2 aromatic rings. The quantitative estimate of drug-likeness (QED) is 0.756. The number of benzene rings is 2. The Hall–Kier alpha value is -1.80. The van der Waals surface area contributed by atoms with Crippen molar-refractivity contribution in [1.82, 2.24) is 0 Å². The standard InChI is InChI=1S/C18H19ClO2/c1-11-5-6-18(16(19)7-11)21-10-17(20)15-9-13(3)12(2)8-14(15)4/h5-9H,10H2,1-4H3. The van der Waals surface area contributed by atoms with Crippen LogP contribution < -0.4 is 4.74 Å². The van der Waals surface area contributed by atoms with Crippen LogP contribution in [0.1, 0.15) is 32.6 Å². The molecule has 0 heterocycles. The zero-order chi connectivity index (χ0) is 15.6. The van der Waals surface area contributed by atoms with E-state index in [1.54, 1.807) is 6.07 Å². The molecule has 3 heteroatoms. The Labute approximate surface area is 130 Å². The predicted molar refractivity (Wildman–Crippen MR) is 86.7 cm³/mol. The number of halogens is 1. The number of rotatable bonds is 4. The summed E-state index contributed by atoms with van der Waals surface area (Å²) in [6.45, 7) is 7.94. The lowest BCUT2D eigenvalue weighted by molar-refractivity contribution is 0.0921. The van der Waals surface area contributed by atoms with E-state index in [1.165, 1.54) is 5.56 Å². The number of hydrogen-bond acceptors (Lipinski definition) is 2. The molecule has 110 valence electrons. The van der Waals surface area contributed by atoms with Crippen molar-refractivity contribution in [2.24, 2.45) is 0 Å². The Morgan fingerprint density at radius 2 is 1.67 bits per heavy atom. The fourth-order valence-electron chi connectivity index (χ4n) is 2.20. The topological polar surface area (TPSA) is 26.3 Å². The molecule has 0 aliphatic rings. The lowest BCUT2D eigenvalue weighted by Gasteiger charge is -2.11. The van der Waals surface area contributed by atoms with Crippen molar-refractivity contribution in [2.45, 2.75) is 27.7 Å². The lowest BCUT2D eigenvalue weighted by atomic mass is 9.98. The molecule has 2 rings (SSSR count). The number of ether oxygens (including phenoxy) is 1. The van der Waals surface area contributed by atoms with E-state index in [2.05, 4.69) is 0 Å². The average molecular weight is 303 g/mol. The van der Waals surface area contributed by atoms with Crippen molar-refractivity contribution in [1.29, 1.82) is 0 Å². The summed E-state index contributed by atoms with van der Waals surface area (Å²) < 4.78 is 5.55. The van der Waals surface area contributed by atoms with E-state index < -0.39 is 0 Å².